The van der Waals surface area contributed by atoms with Crippen LogP contribution in [0.1, 0.15) is 18.6 Å². The molecule has 0 heterocycles. The zero-order valence-electron chi connectivity index (χ0n) is 8.87. The predicted octanol–water partition coefficient (Wildman–Crippen LogP) is 3.24. The van der Waals surface area contributed by atoms with Gasteiger partial charge in [-0.25, -0.2) is 0 Å². The first-order valence-corrected chi connectivity index (χ1v) is 6.52. The van der Waals surface area contributed by atoms with Crippen LogP contribution in [0.2, 0.25) is 0 Å². The van der Waals surface area contributed by atoms with Gasteiger partial charge in [-0.3, -0.25) is 0 Å². The molecule has 0 saturated carbocycles. The molecule has 84 valence electrons. The summed E-state index contributed by atoms with van der Waals surface area (Å²) in [4.78, 5) is 1.18. The highest BCUT2D eigenvalue weighted by atomic mass is 79.9. The van der Waals surface area contributed by atoms with Crippen molar-refractivity contribution in [3.05, 3.63) is 28.2 Å². The van der Waals surface area contributed by atoms with Gasteiger partial charge in [0.1, 0.15) is 0 Å². The summed E-state index contributed by atoms with van der Waals surface area (Å²) < 4.78 is 6.02. The fourth-order valence-corrected chi connectivity index (χ4v) is 2.70. The number of aliphatic hydroxyl groups is 1. The first kappa shape index (κ1) is 13.0. The number of aliphatic hydroxyl groups excluding tert-OH is 1. The quantitative estimate of drug-likeness (QED) is 0.667. The Hall–Kier alpha value is -0.0300. The third-order valence-electron chi connectivity index (χ3n) is 1.98. The SMILES string of the molecule is COCCSc1ccc([C@@H](C)O)cc1Br. The fraction of sp³-hybridized carbons (Fsp3) is 0.455. The maximum atomic E-state index is 9.41. The van der Waals surface area contributed by atoms with Crippen molar-refractivity contribution in [3.8, 4) is 0 Å². The lowest BCUT2D eigenvalue weighted by Gasteiger charge is -2.08. The van der Waals surface area contributed by atoms with Crippen molar-refractivity contribution in [1.82, 2.24) is 0 Å². The maximum absolute atomic E-state index is 9.41. The van der Waals surface area contributed by atoms with E-state index in [1.165, 1.54) is 4.90 Å². The summed E-state index contributed by atoms with van der Waals surface area (Å²) in [6, 6.07) is 5.93. The average Bonchev–Trinajstić information content (AvgIpc) is 2.20. The number of methoxy groups -OCH3 is 1. The topological polar surface area (TPSA) is 29.5 Å². The van der Waals surface area contributed by atoms with Crippen LogP contribution >= 0.6 is 27.7 Å². The van der Waals surface area contributed by atoms with Crippen molar-refractivity contribution in [2.75, 3.05) is 19.5 Å². The highest BCUT2D eigenvalue weighted by Crippen LogP contribution is 2.29. The van der Waals surface area contributed by atoms with Gasteiger partial charge in [0, 0.05) is 22.2 Å². The molecule has 0 amide bonds. The van der Waals surface area contributed by atoms with Gasteiger partial charge in [-0.2, -0.15) is 0 Å². The van der Waals surface area contributed by atoms with Crippen LogP contribution in [-0.2, 0) is 4.74 Å². The minimum absolute atomic E-state index is 0.417. The number of rotatable bonds is 5. The summed E-state index contributed by atoms with van der Waals surface area (Å²) in [5.41, 5.74) is 0.929. The Labute approximate surface area is 103 Å². The molecule has 0 fully saturated rings. The zero-order valence-corrected chi connectivity index (χ0v) is 11.3. The van der Waals surface area contributed by atoms with Crippen molar-refractivity contribution in [1.29, 1.82) is 0 Å². The van der Waals surface area contributed by atoms with Gasteiger partial charge in [0.15, 0.2) is 0 Å². The Morgan fingerprint density at radius 2 is 2.27 bits per heavy atom. The van der Waals surface area contributed by atoms with Crippen LogP contribution < -0.4 is 0 Å². The summed E-state index contributed by atoms with van der Waals surface area (Å²) in [5.74, 6) is 0.934. The number of benzene rings is 1. The van der Waals surface area contributed by atoms with Crippen LogP contribution in [0.3, 0.4) is 0 Å². The first-order chi connectivity index (χ1) is 7.15. The lowest BCUT2D eigenvalue weighted by molar-refractivity contribution is 0.199. The molecule has 0 aromatic heterocycles. The summed E-state index contributed by atoms with van der Waals surface area (Å²) in [7, 11) is 1.70. The molecule has 1 rings (SSSR count). The van der Waals surface area contributed by atoms with Gasteiger partial charge in [-0.1, -0.05) is 6.07 Å². The number of halogens is 1. The molecular formula is C11H15BrO2S. The van der Waals surface area contributed by atoms with E-state index in [0.29, 0.717) is 0 Å². The maximum Gasteiger partial charge on any atom is 0.0762 e. The number of hydrogen-bond donors (Lipinski definition) is 1. The van der Waals surface area contributed by atoms with E-state index in [1.807, 2.05) is 18.2 Å². The van der Waals surface area contributed by atoms with E-state index in [4.69, 9.17) is 4.74 Å². The van der Waals surface area contributed by atoms with Gasteiger partial charge in [0.05, 0.1) is 12.7 Å². The van der Waals surface area contributed by atoms with Crippen LogP contribution in [0.15, 0.2) is 27.6 Å². The van der Waals surface area contributed by atoms with Gasteiger partial charge in [0.2, 0.25) is 0 Å². The van der Waals surface area contributed by atoms with Gasteiger partial charge in [0.25, 0.3) is 0 Å². The first-order valence-electron chi connectivity index (χ1n) is 4.74. The minimum Gasteiger partial charge on any atom is -0.389 e. The van der Waals surface area contributed by atoms with Gasteiger partial charge in [-0.05, 0) is 40.5 Å². The van der Waals surface area contributed by atoms with Crippen LogP contribution in [0, 0.1) is 0 Å². The molecule has 15 heavy (non-hydrogen) atoms. The van der Waals surface area contributed by atoms with Crippen LogP contribution in [0.4, 0.5) is 0 Å². The molecule has 0 aliphatic rings. The molecule has 0 aliphatic heterocycles. The smallest absolute Gasteiger partial charge is 0.0762 e. The highest BCUT2D eigenvalue weighted by molar-refractivity contribution is 9.10. The summed E-state index contributed by atoms with van der Waals surface area (Å²) in [6.45, 7) is 2.51. The molecule has 0 aliphatic carbocycles. The van der Waals surface area contributed by atoms with E-state index in [2.05, 4.69) is 15.9 Å². The molecular weight excluding hydrogens is 276 g/mol. The van der Waals surface area contributed by atoms with E-state index in [0.717, 1.165) is 22.4 Å². The molecule has 2 nitrogen and oxygen atoms in total. The van der Waals surface area contributed by atoms with E-state index in [1.54, 1.807) is 25.8 Å². The van der Waals surface area contributed by atoms with Crippen LogP contribution in [0.25, 0.3) is 0 Å². The third-order valence-corrected chi connectivity index (χ3v) is 3.94. The van der Waals surface area contributed by atoms with Crippen LogP contribution in [0.5, 0.6) is 0 Å². The Balaban J connectivity index is 2.66. The number of ether oxygens (including phenoxy) is 1. The Bertz CT molecular complexity index is 315. The molecule has 0 saturated heterocycles. The van der Waals surface area contributed by atoms with Gasteiger partial charge >= 0.3 is 0 Å². The predicted molar refractivity (Wildman–Crippen MR) is 67.4 cm³/mol. The Morgan fingerprint density at radius 1 is 1.53 bits per heavy atom. The number of hydrogen-bond acceptors (Lipinski definition) is 3. The lowest BCUT2D eigenvalue weighted by atomic mass is 10.1. The lowest BCUT2D eigenvalue weighted by Crippen LogP contribution is -1.93. The van der Waals surface area contributed by atoms with Gasteiger partial charge in [-0.15, -0.1) is 11.8 Å². The minimum atomic E-state index is -0.417. The normalized spacial score (nSPS) is 12.8. The number of thioether (sulfide) groups is 1. The van der Waals surface area contributed by atoms with Crippen LogP contribution in [-0.4, -0.2) is 24.6 Å². The molecule has 0 radical (unpaired) electrons. The van der Waals surface area contributed by atoms with Gasteiger partial charge < -0.3 is 9.84 Å². The molecule has 0 bridgehead atoms. The Morgan fingerprint density at radius 3 is 2.80 bits per heavy atom. The molecule has 0 spiro atoms. The molecule has 0 unspecified atom stereocenters. The molecule has 1 aromatic rings. The second kappa shape index (κ2) is 6.53. The molecule has 4 heteroatoms. The zero-order chi connectivity index (χ0) is 11.3. The summed E-state index contributed by atoms with van der Waals surface area (Å²) in [6.07, 6.45) is -0.417. The van der Waals surface area contributed by atoms with Crippen molar-refractivity contribution in [2.45, 2.75) is 17.9 Å². The highest BCUT2D eigenvalue weighted by Gasteiger charge is 2.05. The van der Waals surface area contributed by atoms with Crippen molar-refractivity contribution < 1.29 is 9.84 Å². The third kappa shape index (κ3) is 4.15. The molecule has 1 N–H and O–H groups in total. The van der Waals surface area contributed by atoms with E-state index >= 15 is 0 Å². The summed E-state index contributed by atoms with van der Waals surface area (Å²) in [5, 5.41) is 9.41. The van der Waals surface area contributed by atoms with E-state index in [-0.39, 0.29) is 0 Å². The second-order valence-electron chi connectivity index (χ2n) is 3.21. The van der Waals surface area contributed by atoms with E-state index < -0.39 is 6.10 Å². The Kier molecular flexibility index (Phi) is 5.68. The largest absolute Gasteiger partial charge is 0.389 e. The fourth-order valence-electron chi connectivity index (χ4n) is 1.13. The summed E-state index contributed by atoms with van der Waals surface area (Å²) >= 11 is 5.23. The van der Waals surface area contributed by atoms with Crippen molar-refractivity contribution >= 4 is 27.7 Å². The van der Waals surface area contributed by atoms with E-state index in [9.17, 15) is 5.11 Å². The molecule has 1 aromatic carbocycles. The van der Waals surface area contributed by atoms with Crippen molar-refractivity contribution in [2.24, 2.45) is 0 Å². The molecule has 1 atom stereocenters. The second-order valence-corrected chi connectivity index (χ2v) is 5.20. The van der Waals surface area contributed by atoms with Crippen molar-refractivity contribution in [3.63, 3.8) is 0 Å². The monoisotopic (exact) mass is 290 g/mol. The standard InChI is InChI=1S/C11H15BrO2S/c1-8(13)9-3-4-11(10(12)7-9)15-6-5-14-2/h3-4,7-8,13H,5-6H2,1-2H3/t8-/m1/s1. The average molecular weight is 291 g/mol.